The maximum absolute atomic E-state index is 8.24. The fourth-order valence-corrected chi connectivity index (χ4v) is 0.906. The van der Waals surface area contributed by atoms with Crippen LogP contribution in [-0.2, 0) is 0 Å². The van der Waals surface area contributed by atoms with Crippen LogP contribution >= 0.6 is 11.6 Å². The van der Waals surface area contributed by atoms with Gasteiger partial charge in [0, 0.05) is 5.02 Å². The molecule has 5 heteroatoms. The van der Waals surface area contributed by atoms with Crippen LogP contribution in [0.2, 0.25) is 5.02 Å². The Morgan fingerprint density at radius 3 is 2.62 bits per heavy atom. The second kappa shape index (κ2) is 4.33. The average Bonchev–Trinajstić information content (AvgIpc) is 2.09. The number of halogens is 1. The van der Waals surface area contributed by atoms with E-state index in [1.165, 1.54) is 0 Å². The predicted molar refractivity (Wildman–Crippen MR) is 50.0 cm³/mol. The fraction of sp³-hybridized carbons (Fsp3) is 0. The van der Waals surface area contributed by atoms with Gasteiger partial charge < -0.3 is 0 Å². The Labute approximate surface area is 80.6 Å². The molecule has 0 spiro atoms. The third-order valence-electron chi connectivity index (χ3n) is 1.31. The topological polar surface area (TPSA) is 75.8 Å². The van der Waals surface area contributed by atoms with E-state index in [2.05, 4.69) is 10.3 Å². The number of guanidine groups is 1. The third kappa shape index (κ3) is 3.01. The molecule has 0 amide bonds. The molecule has 1 aromatic carbocycles. The van der Waals surface area contributed by atoms with Crippen molar-refractivity contribution in [1.82, 2.24) is 5.32 Å². The molecule has 0 saturated heterocycles. The highest BCUT2D eigenvalue weighted by atomic mass is 35.5. The molecule has 0 heterocycles. The lowest BCUT2D eigenvalue weighted by Gasteiger charge is -1.92. The molecule has 0 saturated carbocycles. The summed E-state index contributed by atoms with van der Waals surface area (Å²) in [6.45, 7) is 0. The van der Waals surface area contributed by atoms with E-state index in [1.807, 2.05) is 0 Å². The normalized spacial score (nSPS) is 10.6. The summed E-state index contributed by atoms with van der Waals surface area (Å²) in [5.74, 6) is 0.185. The molecule has 0 unspecified atom stereocenters. The van der Waals surface area contributed by atoms with Gasteiger partial charge in [-0.15, -0.1) is 0 Å². The quantitative estimate of drug-likeness (QED) is 0.243. The van der Waals surface area contributed by atoms with Crippen molar-refractivity contribution in [2.75, 3.05) is 0 Å². The van der Waals surface area contributed by atoms with Crippen molar-refractivity contribution in [3.63, 3.8) is 0 Å². The van der Waals surface area contributed by atoms with Crippen LogP contribution in [0.3, 0.4) is 0 Å². The van der Waals surface area contributed by atoms with Gasteiger partial charge in [0.15, 0.2) is 0 Å². The van der Waals surface area contributed by atoms with Gasteiger partial charge in [-0.1, -0.05) is 11.6 Å². The lowest BCUT2D eigenvalue weighted by molar-refractivity contribution is -0.357. The molecule has 1 aromatic rings. The van der Waals surface area contributed by atoms with Gasteiger partial charge in [0.1, 0.15) is 0 Å². The molecule has 0 aliphatic carbocycles. The summed E-state index contributed by atoms with van der Waals surface area (Å²) in [5.41, 5.74) is 6.16. The van der Waals surface area contributed by atoms with Crippen LogP contribution in [-0.4, -0.2) is 5.96 Å². The van der Waals surface area contributed by atoms with Crippen LogP contribution in [0, 0.1) is 11.5 Å². The van der Waals surface area contributed by atoms with Gasteiger partial charge >= 0.3 is 5.96 Å². The number of nitrogens with one attached hydrogen (secondary N) is 2. The van der Waals surface area contributed by atoms with Crippen molar-refractivity contribution in [2.45, 2.75) is 0 Å². The predicted octanol–water partition coefficient (Wildman–Crippen LogP) is -0.563. The maximum atomic E-state index is 8.24. The highest BCUT2D eigenvalue weighted by molar-refractivity contribution is 6.30. The Morgan fingerprint density at radius 1 is 1.46 bits per heavy atom. The molecule has 66 valence electrons. The second-order valence-electron chi connectivity index (χ2n) is 2.28. The van der Waals surface area contributed by atoms with Gasteiger partial charge in [-0.3, -0.25) is 5.73 Å². The van der Waals surface area contributed by atoms with Gasteiger partial charge in [-0.2, -0.15) is 10.6 Å². The molecular formula is C8H8ClN4+. The molecule has 0 aromatic heterocycles. The number of hydrogen-bond acceptors (Lipinski definition) is 1. The smallest absolute Gasteiger partial charge is 0.290 e. The minimum atomic E-state index is 0.185. The van der Waals surface area contributed by atoms with Crippen LogP contribution in [0.1, 0.15) is 0 Å². The first-order valence-corrected chi connectivity index (χ1v) is 3.90. The minimum absolute atomic E-state index is 0.185. The van der Waals surface area contributed by atoms with E-state index in [0.717, 1.165) is 5.69 Å². The van der Waals surface area contributed by atoms with Gasteiger partial charge in [-0.05, 0) is 24.3 Å². The zero-order valence-corrected chi connectivity index (χ0v) is 7.47. The summed E-state index contributed by atoms with van der Waals surface area (Å²) in [7, 11) is 0. The summed E-state index contributed by atoms with van der Waals surface area (Å²) >= 11 is 5.68. The molecule has 0 aliphatic rings. The minimum Gasteiger partial charge on any atom is -0.290 e. The molecule has 0 radical (unpaired) electrons. The molecule has 4 N–H and O–H groups in total. The van der Waals surface area contributed by atoms with Crippen LogP contribution in [0.25, 0.3) is 0 Å². The van der Waals surface area contributed by atoms with Gasteiger partial charge in [0.2, 0.25) is 0 Å². The molecule has 0 atom stereocenters. The number of nitrogens with two attached hydrogens (primary N) is 1. The lowest BCUT2D eigenvalue weighted by Crippen LogP contribution is -2.72. The standard InChI is InChI=1S/C8H7ClN4/c9-6-1-3-7(4-2-6)13-8(11)12-5-10/h1-4H,(H3,11,12,13)/p+1. The average molecular weight is 196 g/mol. The summed E-state index contributed by atoms with van der Waals surface area (Å²) in [4.78, 5) is 2.77. The molecular weight excluding hydrogens is 188 g/mol. The molecule has 0 fully saturated rings. The first-order valence-electron chi connectivity index (χ1n) is 3.52. The Kier molecular flexibility index (Phi) is 3.12. The monoisotopic (exact) mass is 195 g/mol. The van der Waals surface area contributed by atoms with E-state index in [4.69, 9.17) is 22.6 Å². The van der Waals surface area contributed by atoms with E-state index < -0.39 is 0 Å². The highest BCUT2D eigenvalue weighted by Gasteiger charge is 1.96. The van der Waals surface area contributed by atoms with Crippen molar-refractivity contribution >= 4 is 23.2 Å². The van der Waals surface area contributed by atoms with Crippen LogP contribution in [0.5, 0.6) is 0 Å². The summed E-state index contributed by atoms with van der Waals surface area (Å²) in [5, 5.41) is 11.2. The zero-order valence-electron chi connectivity index (χ0n) is 6.71. The van der Waals surface area contributed by atoms with E-state index in [-0.39, 0.29) is 5.96 Å². The number of benzene rings is 1. The molecule has 0 bridgehead atoms. The van der Waals surface area contributed by atoms with Crippen molar-refractivity contribution in [3.05, 3.63) is 29.3 Å². The fourth-order valence-electron chi connectivity index (χ4n) is 0.780. The second-order valence-corrected chi connectivity index (χ2v) is 2.72. The van der Waals surface area contributed by atoms with Crippen molar-refractivity contribution in [2.24, 2.45) is 5.73 Å². The molecule has 4 nitrogen and oxygen atoms in total. The van der Waals surface area contributed by atoms with E-state index in [0.29, 0.717) is 5.02 Å². The highest BCUT2D eigenvalue weighted by Crippen LogP contribution is 2.08. The SMILES string of the molecule is N#CNC(N)=[NH+]c1ccc(Cl)cc1. The summed E-state index contributed by atoms with van der Waals surface area (Å²) < 4.78 is 0. The Morgan fingerprint density at radius 2 is 2.08 bits per heavy atom. The third-order valence-corrected chi connectivity index (χ3v) is 1.57. The first-order chi connectivity index (χ1) is 6.22. The molecule has 0 aliphatic heterocycles. The van der Waals surface area contributed by atoms with Crippen molar-refractivity contribution in [1.29, 1.82) is 5.26 Å². The zero-order chi connectivity index (χ0) is 9.68. The lowest BCUT2D eigenvalue weighted by atomic mass is 10.3. The van der Waals surface area contributed by atoms with Gasteiger partial charge in [0.25, 0.3) is 6.19 Å². The maximum Gasteiger partial charge on any atom is 0.360 e. The van der Waals surface area contributed by atoms with Crippen molar-refractivity contribution < 1.29 is 4.99 Å². The molecule has 1 rings (SSSR count). The van der Waals surface area contributed by atoms with Crippen LogP contribution in [0.15, 0.2) is 24.3 Å². The number of nitriles is 1. The van der Waals surface area contributed by atoms with E-state index in [9.17, 15) is 0 Å². The van der Waals surface area contributed by atoms with Crippen LogP contribution in [0.4, 0.5) is 5.69 Å². The van der Waals surface area contributed by atoms with Gasteiger partial charge in [0.05, 0.1) is 5.69 Å². The Hall–Kier alpha value is -1.73. The first kappa shape index (κ1) is 9.36. The summed E-state index contributed by atoms with van der Waals surface area (Å²) in [6, 6.07) is 6.97. The Balaban J connectivity index is 2.80. The molecule has 13 heavy (non-hydrogen) atoms. The van der Waals surface area contributed by atoms with Crippen LogP contribution < -0.4 is 16.0 Å². The number of nitrogens with zero attached hydrogens (tertiary/aromatic N) is 1. The van der Waals surface area contributed by atoms with E-state index in [1.54, 1.807) is 30.5 Å². The summed E-state index contributed by atoms with van der Waals surface area (Å²) in [6.07, 6.45) is 1.70. The van der Waals surface area contributed by atoms with E-state index >= 15 is 0 Å². The number of rotatable bonds is 1. The number of hydrogen-bond donors (Lipinski definition) is 3. The van der Waals surface area contributed by atoms with Crippen molar-refractivity contribution in [3.8, 4) is 6.19 Å². The van der Waals surface area contributed by atoms with Gasteiger partial charge in [-0.25, -0.2) is 4.99 Å². The Bertz CT molecular complexity index is 349. The largest absolute Gasteiger partial charge is 0.360 e.